The van der Waals surface area contributed by atoms with Crippen LogP contribution in [0.3, 0.4) is 0 Å². The summed E-state index contributed by atoms with van der Waals surface area (Å²) >= 11 is 0. The first kappa shape index (κ1) is 20.6. The van der Waals surface area contributed by atoms with Gasteiger partial charge < -0.3 is 14.6 Å². The van der Waals surface area contributed by atoms with E-state index in [4.69, 9.17) is 4.74 Å². The van der Waals surface area contributed by atoms with Crippen molar-refractivity contribution >= 4 is 27.7 Å². The van der Waals surface area contributed by atoms with Crippen molar-refractivity contribution in [2.75, 3.05) is 18.5 Å². The number of carbonyl (C=O) groups excluding carboxylic acids is 1. The molecule has 4 rings (SSSR count). The van der Waals surface area contributed by atoms with Crippen LogP contribution in [0.25, 0.3) is 6.08 Å². The number of aromatic nitrogens is 2. The van der Waals surface area contributed by atoms with E-state index in [2.05, 4.69) is 15.0 Å². The molecule has 0 radical (unpaired) electrons. The maximum absolute atomic E-state index is 13.1. The van der Waals surface area contributed by atoms with Crippen molar-refractivity contribution in [3.8, 4) is 0 Å². The molecule has 2 aliphatic rings. The molecule has 1 saturated heterocycles. The van der Waals surface area contributed by atoms with Crippen LogP contribution in [0.2, 0.25) is 0 Å². The normalized spacial score (nSPS) is 17.1. The van der Waals surface area contributed by atoms with Crippen molar-refractivity contribution in [2.24, 2.45) is 0 Å². The highest BCUT2D eigenvalue weighted by Crippen LogP contribution is 2.33. The Labute approximate surface area is 172 Å². The Bertz CT molecular complexity index is 1150. The Morgan fingerprint density at radius 2 is 2.10 bits per heavy atom. The fourth-order valence-corrected chi connectivity index (χ4v) is 5.50. The molecule has 11 heteroatoms. The second kappa shape index (κ2) is 7.25. The molecule has 1 amide bonds. The molecule has 0 bridgehead atoms. The van der Waals surface area contributed by atoms with Crippen LogP contribution in [0, 0.1) is 6.92 Å². The zero-order chi connectivity index (χ0) is 21.7. The van der Waals surface area contributed by atoms with Gasteiger partial charge in [-0.05, 0) is 32.1 Å². The number of fused-ring (bicyclic) bond motifs is 1. The first-order chi connectivity index (χ1) is 14.1. The maximum atomic E-state index is 13.1. The predicted molar refractivity (Wildman–Crippen MR) is 105 cm³/mol. The molecule has 160 valence electrons. The van der Waals surface area contributed by atoms with E-state index in [1.165, 1.54) is 12.3 Å². The minimum atomic E-state index is -3.93. The van der Waals surface area contributed by atoms with Gasteiger partial charge >= 0.3 is 0 Å². The van der Waals surface area contributed by atoms with Crippen LogP contribution in [0.1, 0.15) is 40.8 Å². The van der Waals surface area contributed by atoms with Crippen LogP contribution < -0.4 is 10.0 Å². The van der Waals surface area contributed by atoms with Crippen molar-refractivity contribution in [3.05, 3.63) is 47.1 Å². The second-order valence-corrected chi connectivity index (χ2v) is 9.20. The molecule has 30 heavy (non-hydrogen) atoms. The molecule has 1 fully saturated rings. The van der Waals surface area contributed by atoms with Gasteiger partial charge in [0.05, 0.1) is 24.4 Å². The zero-order valence-corrected chi connectivity index (χ0v) is 17.1. The summed E-state index contributed by atoms with van der Waals surface area (Å²) in [6.07, 6.45) is 1.80. The molecule has 0 saturated carbocycles. The zero-order valence-electron chi connectivity index (χ0n) is 16.3. The third kappa shape index (κ3) is 3.53. The minimum absolute atomic E-state index is 0.0255. The highest BCUT2D eigenvalue weighted by molar-refractivity contribution is 7.89. The van der Waals surface area contributed by atoms with Crippen LogP contribution in [-0.4, -0.2) is 42.6 Å². The molecular weight excluding hydrogens is 418 g/mol. The number of halogens is 2. The maximum Gasteiger partial charge on any atom is 0.280 e. The van der Waals surface area contributed by atoms with E-state index in [9.17, 15) is 22.0 Å². The Balaban J connectivity index is 1.69. The van der Waals surface area contributed by atoms with Gasteiger partial charge in [0.1, 0.15) is 16.3 Å². The number of amides is 1. The Morgan fingerprint density at radius 1 is 1.37 bits per heavy atom. The van der Waals surface area contributed by atoms with E-state index in [0.29, 0.717) is 12.2 Å². The van der Waals surface area contributed by atoms with E-state index in [1.54, 1.807) is 30.6 Å². The standard InChI is InChI=1S/C19H20F2N4O4S/c1-11-15(18(26)23-12-5-6-22-13(8-12)17(20)21)25-7-3-4-14(25)16(11)30(27,28)24-19(2)9-29-10-19/h3-6,8,17,24H,7,9-10H2,1-2H3,(H,22,23,26). The topological polar surface area (TPSA) is 102 Å². The fourth-order valence-electron chi connectivity index (χ4n) is 3.68. The average Bonchev–Trinajstić information content (AvgIpc) is 3.19. The number of carbonyl (C=O) groups is 1. The fraction of sp³-hybridized carbons (Fsp3) is 0.368. The quantitative estimate of drug-likeness (QED) is 0.722. The summed E-state index contributed by atoms with van der Waals surface area (Å²) in [5, 5.41) is 2.56. The summed E-state index contributed by atoms with van der Waals surface area (Å²) in [5.74, 6) is -0.594. The predicted octanol–water partition coefficient (Wildman–Crippen LogP) is 2.48. The lowest BCUT2D eigenvalue weighted by atomic mass is 10.0. The van der Waals surface area contributed by atoms with Crippen molar-refractivity contribution in [1.82, 2.24) is 14.3 Å². The Morgan fingerprint density at radius 3 is 2.73 bits per heavy atom. The van der Waals surface area contributed by atoms with Crippen LogP contribution in [-0.2, 0) is 21.3 Å². The monoisotopic (exact) mass is 438 g/mol. The van der Waals surface area contributed by atoms with Crippen LogP contribution in [0.15, 0.2) is 29.3 Å². The lowest BCUT2D eigenvalue weighted by Crippen LogP contribution is -2.59. The number of allylic oxidation sites excluding steroid dienone is 1. The molecule has 8 nitrogen and oxygen atoms in total. The van der Waals surface area contributed by atoms with Gasteiger partial charge in [0.15, 0.2) is 0 Å². The van der Waals surface area contributed by atoms with Gasteiger partial charge in [-0.15, -0.1) is 0 Å². The molecule has 0 atom stereocenters. The number of nitrogens with zero attached hydrogens (tertiary/aromatic N) is 2. The number of ether oxygens (including phenoxy) is 1. The van der Waals surface area contributed by atoms with Crippen molar-refractivity contribution < 1.29 is 26.7 Å². The summed E-state index contributed by atoms with van der Waals surface area (Å²) < 4.78 is 61.3. The van der Waals surface area contributed by atoms with Gasteiger partial charge in [-0.3, -0.25) is 9.78 Å². The number of rotatable bonds is 6. The number of hydrogen-bond acceptors (Lipinski definition) is 5. The molecule has 2 aromatic rings. The molecule has 0 unspecified atom stereocenters. The number of hydrogen-bond donors (Lipinski definition) is 2. The van der Waals surface area contributed by atoms with Gasteiger partial charge in [0, 0.05) is 24.0 Å². The van der Waals surface area contributed by atoms with E-state index < -0.39 is 33.6 Å². The number of anilines is 1. The first-order valence-corrected chi connectivity index (χ1v) is 10.7. The number of sulfonamides is 1. The van der Waals surface area contributed by atoms with Crippen molar-refractivity contribution in [1.29, 1.82) is 0 Å². The van der Waals surface area contributed by atoms with Crippen LogP contribution >= 0.6 is 0 Å². The van der Waals surface area contributed by atoms with E-state index >= 15 is 0 Å². The van der Waals surface area contributed by atoms with Crippen molar-refractivity contribution in [3.63, 3.8) is 0 Å². The van der Waals surface area contributed by atoms with Crippen LogP contribution in [0.5, 0.6) is 0 Å². The van der Waals surface area contributed by atoms with Gasteiger partial charge in [0.25, 0.3) is 12.3 Å². The van der Waals surface area contributed by atoms with E-state index in [-0.39, 0.29) is 35.1 Å². The molecule has 0 aliphatic carbocycles. The Hall–Kier alpha value is -2.63. The number of pyridine rings is 1. The highest BCUT2D eigenvalue weighted by atomic mass is 32.2. The number of alkyl halides is 2. The van der Waals surface area contributed by atoms with E-state index in [1.807, 2.05) is 0 Å². The molecule has 0 spiro atoms. The molecule has 2 N–H and O–H groups in total. The lowest BCUT2D eigenvalue weighted by molar-refractivity contribution is -0.0523. The number of nitrogens with one attached hydrogen (secondary N) is 2. The van der Waals surface area contributed by atoms with Crippen molar-refractivity contribution in [2.45, 2.75) is 37.3 Å². The Kier molecular flexibility index (Phi) is 4.99. The molecule has 0 aromatic carbocycles. The average molecular weight is 438 g/mol. The third-order valence-corrected chi connectivity index (χ3v) is 6.84. The third-order valence-electron chi connectivity index (χ3n) is 5.02. The summed E-state index contributed by atoms with van der Waals surface area (Å²) in [6, 6.07) is 2.47. The molecule has 4 heterocycles. The summed E-state index contributed by atoms with van der Waals surface area (Å²) in [4.78, 5) is 16.6. The summed E-state index contributed by atoms with van der Waals surface area (Å²) in [5.41, 5.74) is -0.180. The van der Waals surface area contributed by atoms with Crippen LogP contribution in [0.4, 0.5) is 14.5 Å². The largest absolute Gasteiger partial charge is 0.377 e. The van der Waals surface area contributed by atoms with E-state index in [0.717, 1.165) is 6.07 Å². The summed E-state index contributed by atoms with van der Waals surface area (Å²) in [6.45, 7) is 4.15. The highest BCUT2D eigenvalue weighted by Gasteiger charge is 2.41. The smallest absolute Gasteiger partial charge is 0.280 e. The summed E-state index contributed by atoms with van der Waals surface area (Å²) in [7, 11) is -3.93. The first-order valence-electron chi connectivity index (χ1n) is 9.18. The molecule has 2 aliphatic heterocycles. The minimum Gasteiger partial charge on any atom is -0.377 e. The SMILES string of the molecule is Cc1c(S(=O)(=O)NC2(C)COC2)c2n(c1C(=O)Nc1ccnc(C(F)F)c1)CC=C2. The van der Waals surface area contributed by atoms with Gasteiger partial charge in [-0.25, -0.2) is 21.9 Å². The molecule has 2 aromatic heterocycles. The lowest BCUT2D eigenvalue weighted by Gasteiger charge is -2.38. The van der Waals surface area contributed by atoms with Gasteiger partial charge in [-0.2, -0.15) is 0 Å². The molecular formula is C19H20F2N4O4S. The second-order valence-electron chi connectivity index (χ2n) is 7.58. The van der Waals surface area contributed by atoms with Gasteiger partial charge in [0.2, 0.25) is 10.0 Å². The van der Waals surface area contributed by atoms with Gasteiger partial charge in [-0.1, -0.05) is 6.08 Å².